The first-order chi connectivity index (χ1) is 13.8. The summed E-state index contributed by atoms with van der Waals surface area (Å²) in [6.45, 7) is 2.73. The predicted octanol–water partition coefficient (Wildman–Crippen LogP) is 6.30. The Kier molecular flexibility index (Phi) is 6.00. The van der Waals surface area contributed by atoms with E-state index in [0.29, 0.717) is 25.0 Å². The molecule has 144 valence electrons. The Morgan fingerprint density at radius 1 is 0.857 bits per heavy atom. The summed E-state index contributed by atoms with van der Waals surface area (Å²) in [6.07, 6.45) is 7.78. The molecule has 2 saturated heterocycles. The molecule has 3 heteroatoms. The second-order valence-electron chi connectivity index (χ2n) is 8.15. The van der Waals surface area contributed by atoms with Crippen LogP contribution in [0.15, 0.2) is 60.7 Å². The fourth-order valence-electron chi connectivity index (χ4n) is 5.46. The van der Waals surface area contributed by atoms with Crippen LogP contribution in [0.4, 0.5) is 0 Å². The molecule has 2 fully saturated rings. The van der Waals surface area contributed by atoms with E-state index in [1.807, 2.05) is 37.3 Å². The lowest BCUT2D eigenvalue weighted by molar-refractivity contribution is -0.136. The molecule has 0 aromatic heterocycles. The van der Waals surface area contributed by atoms with Crippen LogP contribution in [-0.2, 0) is 9.53 Å². The Balaban J connectivity index is 1.95. The molecule has 2 aliphatic rings. The molecule has 0 spiro atoms. The van der Waals surface area contributed by atoms with Crippen molar-refractivity contribution in [2.24, 2.45) is 0 Å². The van der Waals surface area contributed by atoms with Crippen LogP contribution in [0.1, 0.15) is 56.6 Å². The largest absolute Gasteiger partial charge is 0.462 e. The van der Waals surface area contributed by atoms with E-state index < -0.39 is 0 Å². The molecule has 0 saturated carbocycles. The molecule has 4 rings (SSSR count). The number of carbonyl (C=O) groups is 1. The molecule has 28 heavy (non-hydrogen) atoms. The molecule has 0 amide bonds. The molecule has 2 aromatic carbocycles. The van der Waals surface area contributed by atoms with Crippen molar-refractivity contribution >= 4 is 23.7 Å². The topological polar surface area (TPSA) is 26.3 Å². The lowest BCUT2D eigenvalue weighted by Crippen LogP contribution is -2.37. The van der Waals surface area contributed by atoms with Gasteiger partial charge in [-0.2, -0.15) is 0 Å². The van der Waals surface area contributed by atoms with Crippen LogP contribution in [0.2, 0.25) is 11.6 Å². The first kappa shape index (κ1) is 19.0. The molecule has 2 heterocycles. The van der Waals surface area contributed by atoms with Crippen molar-refractivity contribution in [2.45, 2.75) is 57.1 Å². The van der Waals surface area contributed by atoms with Gasteiger partial charge in [-0.25, -0.2) is 4.79 Å². The fraction of sp³-hybridized carbons (Fsp3) is 0.400. The van der Waals surface area contributed by atoms with Crippen LogP contribution in [0.25, 0.3) is 11.0 Å². The van der Waals surface area contributed by atoms with E-state index in [4.69, 9.17) is 4.74 Å². The van der Waals surface area contributed by atoms with Crippen molar-refractivity contribution in [2.75, 3.05) is 6.61 Å². The standard InChI is InChI=1S/C25H29BO2/c1-2-28-25(27)23(19-11-5-3-6-12-19)24(20-13-7-4-8-14-20)26-21-15-9-16-22(26)18-10-17-21/h3-8,11-14,21-22H,2,9-10,15-18H2,1H3/b24-23-. The Morgan fingerprint density at radius 2 is 1.36 bits per heavy atom. The van der Waals surface area contributed by atoms with E-state index in [9.17, 15) is 4.79 Å². The summed E-state index contributed by atoms with van der Waals surface area (Å²) in [5.74, 6) is 1.17. The molecule has 2 aliphatic heterocycles. The number of carbonyl (C=O) groups excluding carboxylic acids is 1. The average Bonchev–Trinajstić information content (AvgIpc) is 2.73. The van der Waals surface area contributed by atoms with Gasteiger partial charge in [-0.15, -0.1) is 0 Å². The van der Waals surface area contributed by atoms with E-state index >= 15 is 0 Å². The van der Waals surface area contributed by atoms with Crippen LogP contribution in [0, 0.1) is 0 Å². The normalized spacial score (nSPS) is 22.4. The van der Waals surface area contributed by atoms with Gasteiger partial charge in [0.1, 0.15) is 0 Å². The quantitative estimate of drug-likeness (QED) is 0.266. The lowest BCUT2D eigenvalue weighted by atomic mass is 9.23. The van der Waals surface area contributed by atoms with Crippen molar-refractivity contribution in [1.29, 1.82) is 0 Å². The highest BCUT2D eigenvalue weighted by atomic mass is 16.5. The van der Waals surface area contributed by atoms with Gasteiger partial charge in [-0.1, -0.05) is 116 Å². The maximum atomic E-state index is 13.2. The number of esters is 1. The summed E-state index contributed by atoms with van der Waals surface area (Å²) < 4.78 is 5.58. The average molecular weight is 372 g/mol. The van der Waals surface area contributed by atoms with Gasteiger partial charge in [0, 0.05) is 0 Å². The zero-order valence-electron chi connectivity index (χ0n) is 16.8. The third-order valence-corrected chi connectivity index (χ3v) is 6.54. The predicted molar refractivity (Wildman–Crippen MR) is 117 cm³/mol. The van der Waals surface area contributed by atoms with Crippen molar-refractivity contribution < 1.29 is 9.53 Å². The summed E-state index contributed by atoms with van der Waals surface area (Å²) in [5.41, 5.74) is 4.15. The van der Waals surface area contributed by atoms with Crippen LogP contribution < -0.4 is 0 Å². The highest BCUT2D eigenvalue weighted by molar-refractivity contribution is 6.84. The molecule has 0 aliphatic carbocycles. The van der Waals surface area contributed by atoms with Gasteiger partial charge in [0.25, 0.3) is 0 Å². The Bertz CT molecular complexity index is 806. The molecule has 0 unspecified atom stereocenters. The molecule has 0 N–H and O–H groups in total. The van der Waals surface area contributed by atoms with Gasteiger partial charge in [-0.3, -0.25) is 0 Å². The zero-order chi connectivity index (χ0) is 19.3. The first-order valence-electron chi connectivity index (χ1n) is 10.8. The second-order valence-corrected chi connectivity index (χ2v) is 8.15. The monoisotopic (exact) mass is 372 g/mol. The van der Waals surface area contributed by atoms with Gasteiger partial charge < -0.3 is 4.74 Å². The van der Waals surface area contributed by atoms with Gasteiger partial charge in [0.2, 0.25) is 0 Å². The molecule has 2 bridgehead atoms. The molecule has 2 nitrogen and oxygen atoms in total. The second kappa shape index (κ2) is 8.81. The van der Waals surface area contributed by atoms with Crippen molar-refractivity contribution in [1.82, 2.24) is 0 Å². The zero-order valence-corrected chi connectivity index (χ0v) is 16.8. The third-order valence-electron chi connectivity index (χ3n) is 6.54. The van der Waals surface area contributed by atoms with E-state index in [1.165, 1.54) is 49.6 Å². The van der Waals surface area contributed by atoms with Gasteiger partial charge in [-0.05, 0) is 18.1 Å². The Morgan fingerprint density at radius 3 is 1.86 bits per heavy atom. The van der Waals surface area contributed by atoms with Crippen molar-refractivity contribution in [3.63, 3.8) is 0 Å². The molecular formula is C25H29BO2. The summed E-state index contributed by atoms with van der Waals surface area (Å²) in [4.78, 5) is 13.2. The number of ether oxygens (including phenoxy) is 1. The van der Waals surface area contributed by atoms with E-state index in [0.717, 1.165) is 11.1 Å². The maximum Gasteiger partial charge on any atom is 0.338 e. The highest BCUT2D eigenvalue weighted by Gasteiger charge is 2.43. The molecule has 2 aromatic rings. The third kappa shape index (κ3) is 3.80. The molecule has 0 atom stereocenters. The SMILES string of the molecule is CCOC(=O)/C(=C(\B1C2CCCC1CCC2)c1ccccc1)c1ccccc1. The minimum absolute atomic E-state index is 0.184. The summed E-state index contributed by atoms with van der Waals surface area (Å²) in [5, 5.41) is 0. The van der Waals surface area contributed by atoms with Crippen LogP contribution in [0.5, 0.6) is 0 Å². The molecule has 0 radical (unpaired) electrons. The maximum absolute atomic E-state index is 13.2. The molecular weight excluding hydrogens is 343 g/mol. The lowest BCUT2D eigenvalue weighted by Gasteiger charge is -2.42. The summed E-state index contributed by atoms with van der Waals surface area (Å²) in [6, 6.07) is 20.7. The minimum Gasteiger partial charge on any atom is -0.462 e. The minimum atomic E-state index is -0.184. The van der Waals surface area contributed by atoms with Crippen molar-refractivity contribution in [3.8, 4) is 0 Å². The number of benzene rings is 2. The van der Waals surface area contributed by atoms with Gasteiger partial charge in [0.15, 0.2) is 6.71 Å². The number of rotatable bonds is 5. The smallest absolute Gasteiger partial charge is 0.338 e. The Labute approximate surface area is 169 Å². The summed E-state index contributed by atoms with van der Waals surface area (Å²) in [7, 11) is 0. The van der Waals surface area contributed by atoms with E-state index in [1.54, 1.807) is 0 Å². The van der Waals surface area contributed by atoms with Crippen LogP contribution >= 0.6 is 0 Å². The van der Waals surface area contributed by atoms with Crippen LogP contribution in [-0.4, -0.2) is 19.3 Å². The van der Waals surface area contributed by atoms with Crippen LogP contribution in [0.3, 0.4) is 0 Å². The Hall–Kier alpha value is -2.29. The van der Waals surface area contributed by atoms with Gasteiger partial charge in [0.05, 0.1) is 12.2 Å². The van der Waals surface area contributed by atoms with E-state index in [-0.39, 0.29) is 5.97 Å². The summed E-state index contributed by atoms with van der Waals surface area (Å²) >= 11 is 0. The number of hydrogen-bond donors (Lipinski definition) is 0. The fourth-order valence-corrected chi connectivity index (χ4v) is 5.46. The number of hydrogen-bond acceptors (Lipinski definition) is 2. The first-order valence-corrected chi connectivity index (χ1v) is 10.8. The van der Waals surface area contributed by atoms with E-state index in [2.05, 4.69) is 30.3 Å². The highest BCUT2D eigenvalue weighted by Crippen LogP contribution is 2.52. The number of fused-ring (bicyclic) bond motifs is 2. The van der Waals surface area contributed by atoms with Crippen molar-refractivity contribution in [3.05, 3.63) is 71.8 Å². The van der Waals surface area contributed by atoms with Gasteiger partial charge >= 0.3 is 5.97 Å².